The summed E-state index contributed by atoms with van der Waals surface area (Å²) in [4.78, 5) is 13.1. The Morgan fingerprint density at radius 1 is 0.538 bits per heavy atom. The Kier molecular flexibility index (Phi) is 34.8. The van der Waals surface area contributed by atoms with Crippen molar-refractivity contribution in [2.24, 2.45) is 0 Å². The molecule has 14 nitrogen and oxygen atoms in total. The molecule has 0 spiro atoms. The molecule has 2 saturated heterocycles. The highest BCUT2D eigenvalue weighted by atomic mass is 16.7. The summed E-state index contributed by atoms with van der Waals surface area (Å²) >= 11 is 0. The molecule has 0 aromatic rings. The highest BCUT2D eigenvalue weighted by molar-refractivity contribution is 5.76. The predicted octanol–water partition coefficient (Wildman–Crippen LogP) is 6.71. The summed E-state index contributed by atoms with van der Waals surface area (Å²) in [6.07, 6.45) is 26.4. The fraction of sp³-hybridized carbons (Fsp3) is 0.863. The molecule has 2 aliphatic heterocycles. The van der Waals surface area contributed by atoms with E-state index in [-0.39, 0.29) is 18.9 Å². The Balaban J connectivity index is 1.83. The Morgan fingerprint density at radius 2 is 0.985 bits per heavy atom. The van der Waals surface area contributed by atoms with Crippen LogP contribution in [0.3, 0.4) is 0 Å². The maximum absolute atomic E-state index is 13.1. The van der Waals surface area contributed by atoms with Crippen molar-refractivity contribution in [3.05, 3.63) is 36.5 Å². The van der Waals surface area contributed by atoms with Crippen LogP contribution in [0.2, 0.25) is 0 Å². The number of aliphatic hydroxyl groups excluding tert-OH is 8. The van der Waals surface area contributed by atoms with Crippen molar-refractivity contribution in [2.45, 2.75) is 261 Å². The number of allylic oxidation sites excluding steroid dienone is 5. The van der Waals surface area contributed by atoms with Crippen molar-refractivity contribution in [3.8, 4) is 0 Å². The zero-order valence-electron chi connectivity index (χ0n) is 40.2. The zero-order chi connectivity index (χ0) is 47.5. The van der Waals surface area contributed by atoms with E-state index in [4.69, 9.17) is 18.9 Å². The number of carbonyl (C=O) groups excluding carboxylic acids is 1. The molecule has 0 saturated carbocycles. The normalized spacial score (nSPS) is 27.3. The minimum atomic E-state index is -1.79. The summed E-state index contributed by atoms with van der Waals surface area (Å²) in [7, 11) is 0. The van der Waals surface area contributed by atoms with Crippen LogP contribution in [-0.4, -0.2) is 140 Å². The molecule has 0 radical (unpaired) electrons. The Bertz CT molecular complexity index is 1230. The molecule has 2 fully saturated rings. The summed E-state index contributed by atoms with van der Waals surface area (Å²) < 4.78 is 22.6. The van der Waals surface area contributed by atoms with Gasteiger partial charge < -0.3 is 65.1 Å². The first-order valence-electron chi connectivity index (χ1n) is 25.7. The molecule has 9 N–H and O–H groups in total. The fourth-order valence-electron chi connectivity index (χ4n) is 8.32. The maximum atomic E-state index is 13.1. The van der Waals surface area contributed by atoms with Crippen LogP contribution in [0.4, 0.5) is 0 Å². The molecule has 1 amide bonds. The van der Waals surface area contributed by atoms with E-state index < -0.39 is 86.8 Å². The third-order valence-electron chi connectivity index (χ3n) is 12.6. The van der Waals surface area contributed by atoms with Gasteiger partial charge in [-0.05, 0) is 44.9 Å². The first-order chi connectivity index (χ1) is 31.6. The lowest BCUT2D eigenvalue weighted by Crippen LogP contribution is -2.65. The van der Waals surface area contributed by atoms with Crippen molar-refractivity contribution in [3.63, 3.8) is 0 Å². The second kappa shape index (κ2) is 38.1. The van der Waals surface area contributed by atoms with Gasteiger partial charge in [0.1, 0.15) is 48.8 Å². The smallest absolute Gasteiger partial charge is 0.220 e. The minimum absolute atomic E-state index is 0.258. The molecule has 0 bridgehead atoms. The van der Waals surface area contributed by atoms with Gasteiger partial charge in [-0.25, -0.2) is 0 Å². The summed E-state index contributed by atoms with van der Waals surface area (Å²) in [5, 5.41) is 86.6. The number of hydrogen-bond acceptors (Lipinski definition) is 13. The van der Waals surface area contributed by atoms with Crippen LogP contribution in [0.1, 0.15) is 187 Å². The van der Waals surface area contributed by atoms with Crippen molar-refractivity contribution >= 4 is 5.91 Å². The Morgan fingerprint density at radius 3 is 1.51 bits per heavy atom. The van der Waals surface area contributed by atoms with Gasteiger partial charge in [0.25, 0.3) is 0 Å². The van der Waals surface area contributed by atoms with E-state index in [9.17, 15) is 45.6 Å². The molecule has 2 heterocycles. The molecule has 12 atom stereocenters. The molecular formula is C51H93NO13. The van der Waals surface area contributed by atoms with E-state index in [1.54, 1.807) is 6.08 Å². The second-order valence-corrected chi connectivity index (χ2v) is 18.3. The van der Waals surface area contributed by atoms with Crippen molar-refractivity contribution in [1.82, 2.24) is 5.32 Å². The van der Waals surface area contributed by atoms with Gasteiger partial charge in [0.15, 0.2) is 12.6 Å². The second-order valence-electron chi connectivity index (χ2n) is 18.3. The lowest BCUT2D eigenvalue weighted by Gasteiger charge is -2.46. The molecule has 65 heavy (non-hydrogen) atoms. The van der Waals surface area contributed by atoms with Gasteiger partial charge in [-0.2, -0.15) is 0 Å². The first kappa shape index (κ1) is 59.3. The maximum Gasteiger partial charge on any atom is 0.220 e. The molecule has 2 rings (SSSR count). The van der Waals surface area contributed by atoms with Crippen LogP contribution in [-0.2, 0) is 23.7 Å². The van der Waals surface area contributed by atoms with Crippen LogP contribution < -0.4 is 5.32 Å². The standard InChI is InChI=1S/C51H93NO13/c1-3-5-7-9-11-13-14-15-16-17-18-19-20-21-22-23-24-25-27-28-30-32-34-40(55)39(52-43(56)35-33-31-29-26-12-10-8-6-4-2)38-62-50-48(61)46(59)49(42(37-54)64-50)65-51-47(60)45(58)44(57)41(36-53)63-51/h21-22,25,27,32,34,39-42,44-51,53-55,57-61H,3-20,23-24,26,28-31,33,35-38H2,1-2H3,(H,52,56)/b22-21+,27-25+,34-32+. The number of carbonyl (C=O) groups is 1. The lowest BCUT2D eigenvalue weighted by molar-refractivity contribution is -0.359. The quantitative estimate of drug-likeness (QED) is 0.0231. The largest absolute Gasteiger partial charge is 0.394 e. The van der Waals surface area contributed by atoms with Crippen molar-refractivity contribution in [2.75, 3.05) is 19.8 Å². The molecule has 0 aromatic heterocycles. The topological polar surface area (TPSA) is 228 Å². The van der Waals surface area contributed by atoms with E-state index in [1.807, 2.05) is 6.08 Å². The SMILES string of the molecule is CCCCCCCCCCCCCC/C=C/CC/C=C/CC/C=C/C(O)C(COC1OC(CO)C(OC2OC(CO)C(O)C(O)C2O)C(O)C1O)NC(=O)CCCCCCCCCCC. The van der Waals surface area contributed by atoms with Crippen LogP contribution in [0.15, 0.2) is 36.5 Å². The van der Waals surface area contributed by atoms with Gasteiger partial charge in [0.2, 0.25) is 5.91 Å². The van der Waals surface area contributed by atoms with E-state index in [1.165, 1.54) is 109 Å². The average Bonchev–Trinajstić information content (AvgIpc) is 3.30. The summed E-state index contributed by atoms with van der Waals surface area (Å²) in [5.74, 6) is -0.258. The zero-order valence-corrected chi connectivity index (χ0v) is 40.2. The number of amides is 1. The fourth-order valence-corrected chi connectivity index (χ4v) is 8.32. The van der Waals surface area contributed by atoms with Crippen LogP contribution >= 0.6 is 0 Å². The average molecular weight is 928 g/mol. The van der Waals surface area contributed by atoms with Gasteiger partial charge >= 0.3 is 0 Å². The molecule has 0 aromatic carbocycles. The summed E-state index contributed by atoms with van der Waals surface area (Å²) in [6, 6.07) is -0.932. The number of hydrogen-bond donors (Lipinski definition) is 9. The highest BCUT2D eigenvalue weighted by Crippen LogP contribution is 2.30. The lowest BCUT2D eigenvalue weighted by atomic mass is 9.97. The number of aliphatic hydroxyl groups is 8. The van der Waals surface area contributed by atoms with Crippen LogP contribution in [0.25, 0.3) is 0 Å². The van der Waals surface area contributed by atoms with Gasteiger partial charge in [-0.15, -0.1) is 0 Å². The summed E-state index contributed by atoms with van der Waals surface area (Å²) in [6.45, 7) is 2.73. The third-order valence-corrected chi connectivity index (χ3v) is 12.6. The molecule has 14 heteroatoms. The molecular weight excluding hydrogens is 835 g/mol. The Hall–Kier alpha value is -1.79. The molecule has 0 aliphatic carbocycles. The van der Waals surface area contributed by atoms with E-state index in [0.717, 1.165) is 44.9 Å². The van der Waals surface area contributed by atoms with E-state index in [2.05, 4.69) is 43.5 Å². The van der Waals surface area contributed by atoms with Crippen LogP contribution in [0.5, 0.6) is 0 Å². The molecule has 12 unspecified atom stereocenters. The van der Waals surface area contributed by atoms with Crippen LogP contribution in [0, 0.1) is 0 Å². The van der Waals surface area contributed by atoms with Crippen molar-refractivity contribution in [1.29, 1.82) is 0 Å². The van der Waals surface area contributed by atoms with E-state index in [0.29, 0.717) is 12.8 Å². The first-order valence-corrected chi connectivity index (χ1v) is 25.7. The molecule has 380 valence electrons. The van der Waals surface area contributed by atoms with Crippen molar-refractivity contribution < 1.29 is 64.6 Å². The van der Waals surface area contributed by atoms with Gasteiger partial charge in [0, 0.05) is 6.42 Å². The monoisotopic (exact) mass is 928 g/mol. The number of rotatable bonds is 39. The number of nitrogens with one attached hydrogen (secondary N) is 1. The van der Waals surface area contributed by atoms with Gasteiger partial charge in [-0.1, -0.05) is 172 Å². The van der Waals surface area contributed by atoms with Gasteiger partial charge in [-0.3, -0.25) is 4.79 Å². The molecule has 2 aliphatic rings. The Labute approximate surface area is 391 Å². The van der Waals surface area contributed by atoms with Gasteiger partial charge in [0.05, 0.1) is 32.0 Å². The highest BCUT2D eigenvalue weighted by Gasteiger charge is 2.51. The summed E-state index contributed by atoms with van der Waals surface area (Å²) in [5.41, 5.74) is 0. The predicted molar refractivity (Wildman–Crippen MR) is 254 cm³/mol. The third kappa shape index (κ3) is 25.4. The minimum Gasteiger partial charge on any atom is -0.394 e. The number of unbranched alkanes of at least 4 members (excludes halogenated alkanes) is 22. The van der Waals surface area contributed by atoms with E-state index >= 15 is 0 Å². The number of ether oxygens (including phenoxy) is 4.